The summed E-state index contributed by atoms with van der Waals surface area (Å²) in [6.45, 7) is 0. The van der Waals surface area contributed by atoms with Crippen molar-refractivity contribution in [2.75, 3.05) is 0 Å². The lowest BCUT2D eigenvalue weighted by atomic mass is 9.93. The van der Waals surface area contributed by atoms with Crippen LogP contribution in [0.2, 0.25) is 5.02 Å². The molecule has 1 rings (SSSR count). The minimum absolute atomic E-state index is 0.132. The molecule has 4 N–H and O–H groups in total. The Bertz CT molecular complexity index is 387. The number of aliphatic hydroxyl groups is 1. The van der Waals surface area contributed by atoms with E-state index in [1.165, 1.54) is 24.3 Å². The zero-order valence-electron chi connectivity index (χ0n) is 7.48. The highest BCUT2D eigenvalue weighted by atomic mass is 35.5. The molecule has 1 aromatic carbocycles. The lowest BCUT2D eigenvalue weighted by Gasteiger charge is -2.19. The van der Waals surface area contributed by atoms with E-state index < -0.39 is 17.5 Å². The Morgan fingerprint density at radius 1 is 1.27 bits per heavy atom. The summed E-state index contributed by atoms with van der Waals surface area (Å²) in [5.74, 6) is -3.07. The first-order valence-corrected chi connectivity index (χ1v) is 4.28. The van der Waals surface area contributed by atoms with Crippen LogP contribution in [0.4, 0.5) is 0 Å². The number of hydrogen-bond acceptors (Lipinski definition) is 3. The lowest BCUT2D eigenvalue weighted by Crippen LogP contribution is -2.47. The fourth-order valence-corrected chi connectivity index (χ4v) is 1.19. The molecule has 0 aliphatic carbocycles. The molecule has 80 valence electrons. The highest BCUT2D eigenvalue weighted by Crippen LogP contribution is 2.22. The molecule has 0 spiro atoms. The van der Waals surface area contributed by atoms with Crippen LogP contribution < -0.4 is 5.73 Å². The fraction of sp³-hybridized carbons (Fsp3) is 0.111. The Hall–Kier alpha value is -1.59. The highest BCUT2D eigenvalue weighted by Gasteiger charge is 2.44. The number of primary amides is 1. The molecule has 6 heteroatoms. The summed E-state index contributed by atoms with van der Waals surface area (Å²) in [6, 6.07) is 5.16. The van der Waals surface area contributed by atoms with Gasteiger partial charge in [-0.15, -0.1) is 0 Å². The maximum Gasteiger partial charge on any atom is 0.350 e. The monoisotopic (exact) mass is 229 g/mol. The molecule has 0 aromatic heterocycles. The van der Waals surface area contributed by atoms with Gasteiger partial charge in [-0.1, -0.05) is 23.7 Å². The topological polar surface area (TPSA) is 101 Å². The van der Waals surface area contributed by atoms with Crippen LogP contribution in [0, 0.1) is 0 Å². The average Bonchev–Trinajstić information content (AvgIpc) is 2.17. The Morgan fingerprint density at radius 2 is 1.73 bits per heavy atom. The lowest BCUT2D eigenvalue weighted by molar-refractivity contribution is -0.166. The summed E-state index contributed by atoms with van der Waals surface area (Å²) >= 11 is 5.58. The quantitative estimate of drug-likeness (QED) is 0.640. The molecular formula is C9H8ClNO4. The van der Waals surface area contributed by atoms with Crippen LogP contribution >= 0.6 is 11.6 Å². The van der Waals surface area contributed by atoms with Crippen molar-refractivity contribution in [2.24, 2.45) is 5.73 Å². The van der Waals surface area contributed by atoms with Gasteiger partial charge in [0.1, 0.15) is 0 Å². The molecule has 0 aliphatic rings. The molecule has 0 saturated carbocycles. The number of aliphatic carboxylic acids is 1. The van der Waals surface area contributed by atoms with E-state index in [1.807, 2.05) is 0 Å². The summed E-state index contributed by atoms with van der Waals surface area (Å²) in [7, 11) is 0. The van der Waals surface area contributed by atoms with Crippen LogP contribution in [-0.2, 0) is 15.2 Å². The maximum atomic E-state index is 10.9. The van der Waals surface area contributed by atoms with Gasteiger partial charge in [-0.2, -0.15) is 0 Å². The summed E-state index contributed by atoms with van der Waals surface area (Å²) in [4.78, 5) is 21.7. The number of carbonyl (C=O) groups excluding carboxylic acids is 1. The Kier molecular flexibility index (Phi) is 2.97. The smallest absolute Gasteiger partial charge is 0.350 e. The standard InChI is InChI=1S/C9H8ClNO4/c10-6-3-1-5(2-4-6)9(15,7(11)12)8(13)14/h1-4,15H,(H2,11,12)(H,13,14). The minimum Gasteiger partial charge on any atom is -0.478 e. The van der Waals surface area contributed by atoms with Crippen molar-refractivity contribution >= 4 is 23.5 Å². The molecule has 1 atom stereocenters. The number of nitrogens with two attached hydrogens (primary N) is 1. The first-order valence-electron chi connectivity index (χ1n) is 3.90. The van der Waals surface area contributed by atoms with Gasteiger partial charge in [0, 0.05) is 10.6 Å². The number of carboxylic acid groups (broad SMARTS) is 1. The van der Waals surface area contributed by atoms with Crippen molar-refractivity contribution < 1.29 is 19.8 Å². The molecular weight excluding hydrogens is 222 g/mol. The van der Waals surface area contributed by atoms with E-state index in [9.17, 15) is 14.7 Å². The number of benzene rings is 1. The van der Waals surface area contributed by atoms with Crippen LogP contribution in [0.3, 0.4) is 0 Å². The van der Waals surface area contributed by atoms with Gasteiger partial charge >= 0.3 is 5.97 Å². The van der Waals surface area contributed by atoms with Crippen molar-refractivity contribution in [1.29, 1.82) is 0 Å². The molecule has 0 radical (unpaired) electrons. The van der Waals surface area contributed by atoms with Gasteiger partial charge in [-0.3, -0.25) is 4.79 Å². The van der Waals surface area contributed by atoms with Gasteiger partial charge in [0.05, 0.1) is 0 Å². The van der Waals surface area contributed by atoms with Crippen molar-refractivity contribution in [1.82, 2.24) is 0 Å². The van der Waals surface area contributed by atoms with Crippen LogP contribution in [0.1, 0.15) is 5.56 Å². The molecule has 0 fully saturated rings. The number of rotatable bonds is 3. The molecule has 1 amide bonds. The highest BCUT2D eigenvalue weighted by molar-refractivity contribution is 6.30. The maximum absolute atomic E-state index is 10.9. The van der Waals surface area contributed by atoms with Crippen LogP contribution in [0.15, 0.2) is 24.3 Å². The summed E-state index contributed by atoms with van der Waals surface area (Å²) in [5, 5.41) is 18.7. The Labute approximate surface area is 90.1 Å². The first kappa shape index (κ1) is 11.5. The van der Waals surface area contributed by atoms with Gasteiger partial charge in [-0.25, -0.2) is 4.79 Å². The molecule has 0 saturated heterocycles. The van der Waals surface area contributed by atoms with E-state index in [-0.39, 0.29) is 5.56 Å². The number of hydrogen-bond donors (Lipinski definition) is 3. The largest absolute Gasteiger partial charge is 0.478 e. The molecule has 1 aromatic rings. The van der Waals surface area contributed by atoms with Crippen molar-refractivity contribution in [3.05, 3.63) is 34.9 Å². The third kappa shape index (κ3) is 1.93. The second kappa shape index (κ2) is 3.88. The van der Waals surface area contributed by atoms with Crippen molar-refractivity contribution in [2.45, 2.75) is 5.60 Å². The van der Waals surface area contributed by atoms with Gasteiger partial charge < -0.3 is 15.9 Å². The van der Waals surface area contributed by atoms with E-state index in [2.05, 4.69) is 0 Å². The van der Waals surface area contributed by atoms with Gasteiger partial charge in [-0.05, 0) is 12.1 Å². The van der Waals surface area contributed by atoms with E-state index in [0.29, 0.717) is 5.02 Å². The predicted octanol–water partition coefficient (Wildman–Crippen LogP) is 0.0975. The summed E-state index contributed by atoms with van der Waals surface area (Å²) in [6.07, 6.45) is 0. The zero-order chi connectivity index (χ0) is 11.6. The van der Waals surface area contributed by atoms with Crippen molar-refractivity contribution in [3.8, 4) is 0 Å². The van der Waals surface area contributed by atoms with Crippen LogP contribution in [-0.4, -0.2) is 22.1 Å². The predicted molar refractivity (Wildman–Crippen MR) is 52.2 cm³/mol. The third-order valence-corrected chi connectivity index (χ3v) is 2.18. The molecule has 0 bridgehead atoms. The number of amides is 1. The van der Waals surface area contributed by atoms with Gasteiger partial charge in [0.2, 0.25) is 0 Å². The third-order valence-electron chi connectivity index (χ3n) is 1.93. The number of carbonyl (C=O) groups is 2. The van der Waals surface area contributed by atoms with Crippen molar-refractivity contribution in [3.63, 3.8) is 0 Å². The number of halogens is 1. The van der Waals surface area contributed by atoms with Crippen LogP contribution in [0.5, 0.6) is 0 Å². The van der Waals surface area contributed by atoms with E-state index >= 15 is 0 Å². The van der Waals surface area contributed by atoms with E-state index in [0.717, 1.165) is 0 Å². The van der Waals surface area contributed by atoms with E-state index in [4.69, 9.17) is 22.4 Å². The number of carboxylic acids is 1. The summed E-state index contributed by atoms with van der Waals surface area (Å²) < 4.78 is 0. The molecule has 1 unspecified atom stereocenters. The minimum atomic E-state index is -2.72. The van der Waals surface area contributed by atoms with Gasteiger partial charge in [0.15, 0.2) is 0 Å². The summed E-state index contributed by atoms with van der Waals surface area (Å²) in [5.41, 5.74) is 1.99. The molecule has 5 nitrogen and oxygen atoms in total. The molecule has 0 aliphatic heterocycles. The SMILES string of the molecule is NC(=O)C(O)(C(=O)O)c1ccc(Cl)cc1. The first-order chi connectivity index (χ1) is 6.89. The van der Waals surface area contributed by atoms with E-state index in [1.54, 1.807) is 0 Å². The molecule has 0 heterocycles. The zero-order valence-corrected chi connectivity index (χ0v) is 8.23. The average molecular weight is 230 g/mol. The molecule has 15 heavy (non-hydrogen) atoms. The Balaban J connectivity index is 3.28. The normalized spacial score (nSPS) is 14.3. The fourth-order valence-electron chi connectivity index (χ4n) is 1.06. The Morgan fingerprint density at radius 3 is 2.07 bits per heavy atom. The van der Waals surface area contributed by atoms with Crippen LogP contribution in [0.25, 0.3) is 0 Å². The second-order valence-electron chi connectivity index (χ2n) is 2.89. The van der Waals surface area contributed by atoms with Gasteiger partial charge in [0.25, 0.3) is 11.5 Å². The second-order valence-corrected chi connectivity index (χ2v) is 3.32.